The molecule has 87 heavy (non-hydrogen) atoms. The lowest BCUT2D eigenvalue weighted by Gasteiger charge is -2.39. The Bertz CT molecular complexity index is 5590. The highest BCUT2D eigenvalue weighted by Gasteiger charge is 2.47. The van der Waals surface area contributed by atoms with Crippen molar-refractivity contribution in [3.63, 3.8) is 0 Å². The highest BCUT2D eigenvalue weighted by atomic mass is 15.2. The number of aryl methyl sites for hydroxylation is 2. The average molecular weight is 1120 g/mol. The van der Waals surface area contributed by atoms with Gasteiger partial charge < -0.3 is 23.2 Å². The van der Waals surface area contributed by atoms with E-state index >= 15 is 0 Å². The lowest BCUT2D eigenvalue weighted by atomic mass is 9.80. The van der Waals surface area contributed by atoms with Crippen LogP contribution in [0.15, 0.2) is 273 Å². The third-order valence-electron chi connectivity index (χ3n) is 19.8. The van der Waals surface area contributed by atoms with E-state index in [9.17, 15) is 0 Å². The van der Waals surface area contributed by atoms with Crippen molar-refractivity contribution in [2.75, 3.05) is 4.90 Å². The Labute approximate surface area is 505 Å². The Morgan fingerprint density at radius 1 is 0.391 bits per heavy atom. The second-order valence-corrected chi connectivity index (χ2v) is 24.7. The highest BCUT2D eigenvalue weighted by Crippen LogP contribution is 2.55. The molecule has 2 aliphatic carbocycles. The van der Waals surface area contributed by atoms with Crippen LogP contribution in [0.5, 0.6) is 0 Å². The molecule has 3 aliphatic rings. The van der Waals surface area contributed by atoms with Gasteiger partial charge in [0, 0.05) is 83.1 Å². The number of fused-ring (bicyclic) bond motifs is 16. The lowest BCUT2D eigenvalue weighted by molar-refractivity contribution is 0.542. The molecule has 1 aliphatic heterocycles. The standard InChI is InChI=1S/C82H61N5/c1-51-37-39-54(40-38-51)83-73-33-13-9-26-68(73)80-77(83)46-45-64-61-22-5-10-30-70(61)86(81(64)80)56-21-17-20-55(50-56)84-71-31-11-7-24-66(71)78-62(27-18-35-75(78)84)63-28-19-36-76-79(63)67-25-8-12-32-72(67)85(76)57-41-43-59(52(2)48-57)60-44-42-58(49-53(60)3)87-74-34-14-6-23-65(74)69-29-15-16-47-82(69,87)4/h5-37,39-51,69H,38H2,1-4H3. The molecule has 0 bridgehead atoms. The molecule has 11 aromatic carbocycles. The molecule has 5 heterocycles. The van der Waals surface area contributed by atoms with Gasteiger partial charge in [-0.05, 0) is 169 Å². The molecular formula is C82H61N5. The van der Waals surface area contributed by atoms with Crippen LogP contribution in [-0.2, 0) is 0 Å². The summed E-state index contributed by atoms with van der Waals surface area (Å²) in [4.78, 5) is 2.55. The molecule has 0 saturated heterocycles. The van der Waals surface area contributed by atoms with Crippen LogP contribution >= 0.6 is 0 Å². The molecule has 3 atom stereocenters. The molecule has 0 fully saturated rings. The number of anilines is 2. The van der Waals surface area contributed by atoms with Crippen molar-refractivity contribution in [3.05, 3.63) is 290 Å². The van der Waals surface area contributed by atoms with E-state index in [1.54, 1.807) is 0 Å². The van der Waals surface area contributed by atoms with Crippen molar-refractivity contribution in [2.45, 2.75) is 45.6 Å². The minimum absolute atomic E-state index is 0.176. The van der Waals surface area contributed by atoms with Gasteiger partial charge >= 0.3 is 0 Å². The number of para-hydroxylation sites is 5. The number of hydrogen-bond acceptors (Lipinski definition) is 1. The van der Waals surface area contributed by atoms with Gasteiger partial charge in [-0.1, -0.05) is 183 Å². The van der Waals surface area contributed by atoms with Gasteiger partial charge in [-0.25, -0.2) is 0 Å². The number of aromatic nitrogens is 4. The third-order valence-corrected chi connectivity index (χ3v) is 19.8. The first-order valence-electron chi connectivity index (χ1n) is 30.8. The minimum Gasteiger partial charge on any atom is -0.331 e. The van der Waals surface area contributed by atoms with Crippen LogP contribution < -0.4 is 4.90 Å². The topological polar surface area (TPSA) is 23.0 Å². The number of rotatable bonds is 7. The summed E-state index contributed by atoms with van der Waals surface area (Å²) in [5.74, 6) is 0.828. The van der Waals surface area contributed by atoms with Crippen molar-refractivity contribution in [1.29, 1.82) is 0 Å². The van der Waals surface area contributed by atoms with Crippen molar-refractivity contribution >= 4 is 104 Å². The van der Waals surface area contributed by atoms with E-state index in [1.807, 2.05) is 0 Å². The molecule has 0 radical (unpaired) electrons. The maximum atomic E-state index is 2.55. The molecule has 0 N–H and O–H groups in total. The summed E-state index contributed by atoms with van der Waals surface area (Å²) in [5, 5.41) is 9.97. The molecule has 4 aromatic heterocycles. The summed E-state index contributed by atoms with van der Waals surface area (Å²) < 4.78 is 9.98. The number of benzene rings is 11. The van der Waals surface area contributed by atoms with E-state index in [4.69, 9.17) is 0 Å². The Morgan fingerprint density at radius 2 is 0.908 bits per heavy atom. The van der Waals surface area contributed by atoms with E-state index in [-0.39, 0.29) is 5.54 Å². The summed E-state index contributed by atoms with van der Waals surface area (Å²) in [6.07, 6.45) is 17.2. The molecule has 3 unspecified atom stereocenters. The normalized spacial score (nSPS) is 17.3. The molecule has 0 amide bonds. The van der Waals surface area contributed by atoms with Crippen LogP contribution in [0.1, 0.15) is 42.9 Å². The maximum Gasteiger partial charge on any atom is 0.0712 e. The summed E-state index contributed by atoms with van der Waals surface area (Å²) in [6.45, 7) is 9.21. The zero-order valence-corrected chi connectivity index (χ0v) is 49.1. The van der Waals surface area contributed by atoms with Crippen molar-refractivity contribution < 1.29 is 0 Å². The Morgan fingerprint density at radius 3 is 1.55 bits per heavy atom. The molecule has 18 rings (SSSR count). The number of hydrogen-bond donors (Lipinski definition) is 0. The van der Waals surface area contributed by atoms with E-state index in [0.29, 0.717) is 11.8 Å². The van der Waals surface area contributed by atoms with Crippen LogP contribution in [0.3, 0.4) is 0 Å². The van der Waals surface area contributed by atoms with Crippen LogP contribution in [0, 0.1) is 19.8 Å². The molecule has 5 nitrogen and oxygen atoms in total. The first-order valence-corrected chi connectivity index (χ1v) is 30.8. The van der Waals surface area contributed by atoms with Crippen LogP contribution in [0.2, 0.25) is 0 Å². The van der Waals surface area contributed by atoms with Gasteiger partial charge in [-0.2, -0.15) is 0 Å². The fourth-order valence-corrected chi connectivity index (χ4v) is 15.9. The average Bonchev–Trinajstić information content (AvgIpc) is 1.64. The van der Waals surface area contributed by atoms with E-state index in [1.165, 1.54) is 143 Å². The highest BCUT2D eigenvalue weighted by molar-refractivity contribution is 6.27. The SMILES string of the molecule is Cc1cc(N2c3ccccc3C3C=CC=CC32C)ccc1-c1ccc(-n2c3ccccc3c3c(-c4cccc5c4c4ccccc4n5-c4cccc(-n5c6ccccc6c6ccc7c(c8ccccc8n7C7=CCC(C)C=C7)c65)c4)cccc32)cc1C. The van der Waals surface area contributed by atoms with Crippen molar-refractivity contribution in [3.8, 4) is 39.3 Å². The fraction of sp³-hybridized carbons (Fsp3) is 0.0976. The third kappa shape index (κ3) is 7.08. The Hall–Kier alpha value is -10.6. The monoisotopic (exact) mass is 1120 g/mol. The lowest BCUT2D eigenvalue weighted by Crippen LogP contribution is -2.41. The fourth-order valence-electron chi connectivity index (χ4n) is 15.9. The second kappa shape index (κ2) is 18.7. The van der Waals surface area contributed by atoms with Gasteiger partial charge in [-0.15, -0.1) is 0 Å². The van der Waals surface area contributed by atoms with Crippen molar-refractivity contribution in [2.24, 2.45) is 5.92 Å². The smallest absolute Gasteiger partial charge is 0.0712 e. The molecule has 5 heteroatoms. The van der Waals surface area contributed by atoms with Gasteiger partial charge in [0.15, 0.2) is 0 Å². The molecule has 15 aromatic rings. The van der Waals surface area contributed by atoms with Gasteiger partial charge in [-0.3, -0.25) is 0 Å². The zero-order valence-electron chi connectivity index (χ0n) is 49.1. The summed E-state index contributed by atoms with van der Waals surface area (Å²) in [5.41, 5.74) is 25.3. The molecule has 0 spiro atoms. The predicted octanol–water partition coefficient (Wildman–Crippen LogP) is 21.6. The Balaban J connectivity index is 0.767. The van der Waals surface area contributed by atoms with Crippen LogP contribution in [0.4, 0.5) is 11.4 Å². The summed E-state index contributed by atoms with van der Waals surface area (Å²) in [6, 6.07) is 86.6. The minimum atomic E-state index is -0.176. The predicted molar refractivity (Wildman–Crippen MR) is 368 cm³/mol. The summed E-state index contributed by atoms with van der Waals surface area (Å²) >= 11 is 0. The van der Waals surface area contributed by atoms with Crippen molar-refractivity contribution in [1.82, 2.24) is 18.3 Å². The number of allylic oxidation sites excluding steroid dienone is 6. The maximum absolute atomic E-state index is 2.55. The van der Waals surface area contributed by atoms with E-state index in [0.717, 1.165) is 23.5 Å². The van der Waals surface area contributed by atoms with E-state index in [2.05, 4.69) is 324 Å². The first-order chi connectivity index (χ1) is 42.8. The van der Waals surface area contributed by atoms with Gasteiger partial charge in [0.2, 0.25) is 0 Å². The molecule has 0 saturated carbocycles. The number of nitrogens with zero attached hydrogens (tertiary/aromatic N) is 5. The van der Waals surface area contributed by atoms with Crippen LogP contribution in [0.25, 0.3) is 132 Å². The van der Waals surface area contributed by atoms with E-state index < -0.39 is 0 Å². The second-order valence-electron chi connectivity index (χ2n) is 24.7. The van der Waals surface area contributed by atoms with Gasteiger partial charge in [0.25, 0.3) is 0 Å². The first kappa shape index (κ1) is 49.8. The summed E-state index contributed by atoms with van der Waals surface area (Å²) in [7, 11) is 0. The quantitative estimate of drug-likeness (QED) is 0.156. The van der Waals surface area contributed by atoms with Crippen LogP contribution in [-0.4, -0.2) is 23.8 Å². The zero-order chi connectivity index (χ0) is 57.8. The van der Waals surface area contributed by atoms with Gasteiger partial charge in [0.05, 0.1) is 49.7 Å². The molecule has 414 valence electrons. The largest absolute Gasteiger partial charge is 0.331 e. The van der Waals surface area contributed by atoms with Gasteiger partial charge in [0.1, 0.15) is 0 Å². The molecular weight excluding hydrogens is 1050 g/mol. The Kier molecular flexibility index (Phi) is 10.7.